The molecule has 0 radical (unpaired) electrons. The van der Waals surface area contributed by atoms with Crippen LogP contribution in [0.2, 0.25) is 0 Å². The number of likely N-dealkylation sites (tertiary alicyclic amines) is 1. The van der Waals surface area contributed by atoms with Crippen molar-refractivity contribution in [2.24, 2.45) is 0 Å². The molecule has 5 nitrogen and oxygen atoms in total. The van der Waals surface area contributed by atoms with Gasteiger partial charge in [-0.1, -0.05) is 30.4 Å². The largest absolute Gasteiger partial charge is 1.00 e. The maximum absolute atomic E-state index is 12.7. The molecule has 3 heterocycles. The molecule has 32 heavy (non-hydrogen) atoms. The molecule has 7 rings (SSSR count). The molecule has 4 N–H and O–H groups in total. The fourth-order valence-electron chi connectivity index (χ4n) is 7.31. The van der Waals surface area contributed by atoms with Crippen molar-refractivity contribution in [3.63, 3.8) is 0 Å². The first-order valence-corrected chi connectivity index (χ1v) is 11.4. The molecular weight excluding hydrogens is 424 g/mol. The fraction of sp³-hybridized carbons (Fsp3) is 0.385. The first kappa shape index (κ1) is 20.3. The van der Waals surface area contributed by atoms with E-state index in [9.17, 15) is 10.2 Å². The van der Waals surface area contributed by atoms with Crippen molar-refractivity contribution in [3.05, 3.63) is 70.9 Å². The van der Waals surface area contributed by atoms with Crippen LogP contribution in [-0.4, -0.2) is 45.9 Å². The number of piperidine rings is 1. The summed E-state index contributed by atoms with van der Waals surface area (Å²) in [4.78, 5) is 2.45. The summed E-state index contributed by atoms with van der Waals surface area (Å²) >= 11 is 0. The van der Waals surface area contributed by atoms with Crippen molar-refractivity contribution >= 4 is 11.3 Å². The summed E-state index contributed by atoms with van der Waals surface area (Å²) in [7, 11) is 0. The zero-order chi connectivity index (χ0) is 21.0. The van der Waals surface area contributed by atoms with Crippen LogP contribution in [-0.2, 0) is 11.8 Å². The average Bonchev–Trinajstić information content (AvgIpc) is 3.30. The Bertz CT molecular complexity index is 1210. The second-order valence-electron chi connectivity index (χ2n) is 9.72. The number of fused-ring (bicyclic) bond motifs is 3. The lowest BCUT2D eigenvalue weighted by molar-refractivity contribution is -0.524. The molecule has 166 valence electrons. The van der Waals surface area contributed by atoms with Crippen molar-refractivity contribution in [3.8, 4) is 11.5 Å². The molecule has 0 amide bonds. The second-order valence-corrected chi connectivity index (χ2v) is 9.72. The molecule has 3 aliphatic heterocycles. The summed E-state index contributed by atoms with van der Waals surface area (Å²) in [5, 5.41) is 25.6. The number of nitrogens with two attached hydrogens (primary N) is 1. The van der Waals surface area contributed by atoms with Crippen molar-refractivity contribution in [2.75, 3.05) is 13.1 Å². The first-order chi connectivity index (χ1) is 15.1. The van der Waals surface area contributed by atoms with E-state index in [1.807, 2.05) is 6.07 Å². The predicted molar refractivity (Wildman–Crippen MR) is 117 cm³/mol. The van der Waals surface area contributed by atoms with Gasteiger partial charge in [-0.2, -0.15) is 0 Å². The van der Waals surface area contributed by atoms with Gasteiger partial charge >= 0.3 is 0 Å². The molecule has 2 bridgehead atoms. The van der Waals surface area contributed by atoms with Gasteiger partial charge in [-0.05, 0) is 37.5 Å². The van der Waals surface area contributed by atoms with Crippen LogP contribution in [0.25, 0.3) is 5.57 Å². The number of hydrogen-bond acceptors (Lipinski definition) is 4. The average molecular weight is 451 g/mol. The number of ether oxygens (including phenoxy) is 1. The van der Waals surface area contributed by atoms with Gasteiger partial charge in [0, 0.05) is 48.3 Å². The molecule has 0 aromatic heterocycles. The van der Waals surface area contributed by atoms with Gasteiger partial charge in [-0.15, -0.1) is 0 Å². The summed E-state index contributed by atoms with van der Waals surface area (Å²) in [6.45, 7) is 3.82. The Balaban J connectivity index is 0.00000196. The molecule has 1 fully saturated rings. The Morgan fingerprint density at radius 2 is 2.09 bits per heavy atom. The van der Waals surface area contributed by atoms with Crippen molar-refractivity contribution in [1.29, 1.82) is 0 Å². The third-order valence-electron chi connectivity index (χ3n) is 8.57. The van der Waals surface area contributed by atoms with Crippen LogP contribution in [0, 0.1) is 0 Å². The van der Waals surface area contributed by atoms with E-state index in [2.05, 4.69) is 53.6 Å². The van der Waals surface area contributed by atoms with E-state index >= 15 is 0 Å². The van der Waals surface area contributed by atoms with E-state index in [1.54, 1.807) is 6.07 Å². The highest BCUT2D eigenvalue weighted by atomic mass is 35.5. The topological polar surface area (TPSA) is 69.5 Å². The minimum absolute atomic E-state index is 0. The van der Waals surface area contributed by atoms with Gasteiger partial charge in [0.25, 0.3) is 0 Å². The molecule has 4 atom stereocenters. The van der Waals surface area contributed by atoms with Crippen LogP contribution in [0.15, 0.2) is 54.2 Å². The Labute approximate surface area is 193 Å². The number of phenolic OH excluding ortho intramolecular Hbond substituents is 1. The van der Waals surface area contributed by atoms with Gasteiger partial charge in [0.1, 0.15) is 5.69 Å². The number of allylic oxidation sites excluding steroid dienone is 1. The van der Waals surface area contributed by atoms with Crippen LogP contribution in [0.5, 0.6) is 11.5 Å². The minimum atomic E-state index is -0.937. The quantitative estimate of drug-likeness (QED) is 0.420. The maximum Gasteiger partial charge on any atom is 0.186 e. The second kappa shape index (κ2) is 6.61. The fourth-order valence-corrected chi connectivity index (χ4v) is 7.31. The van der Waals surface area contributed by atoms with E-state index in [0.717, 1.165) is 31.5 Å². The minimum Gasteiger partial charge on any atom is -1.00 e. The molecular formula is C26H27ClN2O3. The molecule has 0 saturated carbocycles. The number of phenols is 1. The number of aliphatic hydroxyl groups is 1. The Morgan fingerprint density at radius 1 is 1.25 bits per heavy atom. The normalized spacial score (nSPS) is 33.4. The lowest BCUT2D eigenvalue weighted by Gasteiger charge is -2.62. The van der Waals surface area contributed by atoms with Gasteiger partial charge in [0.15, 0.2) is 23.3 Å². The van der Waals surface area contributed by atoms with Gasteiger partial charge in [-0.3, -0.25) is 10.2 Å². The lowest BCUT2D eigenvalue weighted by Crippen LogP contribution is -3.00. The van der Waals surface area contributed by atoms with Crippen LogP contribution < -0.4 is 22.5 Å². The highest BCUT2D eigenvalue weighted by Gasteiger charge is 2.74. The molecule has 0 unspecified atom stereocenters. The van der Waals surface area contributed by atoms with Crippen molar-refractivity contribution in [1.82, 2.24) is 4.90 Å². The lowest BCUT2D eigenvalue weighted by atomic mass is 9.49. The summed E-state index contributed by atoms with van der Waals surface area (Å²) in [5.41, 5.74) is 5.66. The number of quaternary nitrogens is 1. The summed E-state index contributed by atoms with van der Waals surface area (Å²) in [6, 6.07) is 12.3. The van der Waals surface area contributed by atoms with E-state index in [0.29, 0.717) is 12.2 Å². The molecule has 2 aromatic rings. The SMILES string of the molecule is C/C=C/CN1CC[C@]23c4c5ccc(O)c4O[C@H]2C2=C(C[C@@]3(O)[C@@H]1C5)c1ccccc1[NH2+]2.[Cl-]. The van der Waals surface area contributed by atoms with Gasteiger partial charge in [0.2, 0.25) is 0 Å². The highest BCUT2D eigenvalue weighted by molar-refractivity contribution is 5.82. The van der Waals surface area contributed by atoms with Gasteiger partial charge < -0.3 is 27.4 Å². The summed E-state index contributed by atoms with van der Waals surface area (Å²) in [5.74, 6) is 0.789. The smallest absolute Gasteiger partial charge is 0.186 e. The number of benzene rings is 2. The number of hydrogen-bond donors (Lipinski definition) is 3. The van der Waals surface area contributed by atoms with E-state index in [4.69, 9.17) is 4.74 Å². The highest BCUT2D eigenvalue weighted by Crippen LogP contribution is 2.67. The predicted octanol–water partition coefficient (Wildman–Crippen LogP) is -0.644. The maximum atomic E-state index is 12.7. The Hall–Kier alpha value is -2.31. The number of nitrogens with zero attached hydrogens (tertiary/aromatic N) is 1. The summed E-state index contributed by atoms with van der Waals surface area (Å²) < 4.78 is 6.60. The van der Waals surface area contributed by atoms with Crippen LogP contribution in [0.1, 0.15) is 36.5 Å². The number of halogens is 1. The monoisotopic (exact) mass is 450 g/mol. The van der Waals surface area contributed by atoms with Crippen LogP contribution >= 0.6 is 0 Å². The Kier molecular flexibility index (Phi) is 4.19. The van der Waals surface area contributed by atoms with Crippen molar-refractivity contribution in [2.45, 2.75) is 49.3 Å². The molecule has 6 heteroatoms. The van der Waals surface area contributed by atoms with E-state index in [1.165, 1.54) is 28.1 Å². The first-order valence-electron chi connectivity index (χ1n) is 11.4. The van der Waals surface area contributed by atoms with E-state index in [-0.39, 0.29) is 30.3 Å². The van der Waals surface area contributed by atoms with Gasteiger partial charge in [0.05, 0.1) is 11.0 Å². The number of aromatic hydroxyl groups is 1. The third-order valence-corrected chi connectivity index (χ3v) is 8.57. The molecule has 1 saturated heterocycles. The van der Waals surface area contributed by atoms with Crippen molar-refractivity contribution < 1.29 is 32.7 Å². The molecule has 1 spiro atoms. The summed E-state index contributed by atoms with van der Waals surface area (Å²) in [6.07, 6.45) is 6.25. The number of rotatable bonds is 2. The standard InChI is InChI=1S/C26H26N2O3.ClH/c1-2-3-11-28-12-10-25-21-15-8-9-19(29)23(21)31-24(25)22-17(14-26(25,30)20(28)13-15)16-6-4-5-7-18(16)27-22;/h2-9,20,24,27,29-30H,10-14H2,1H3;1H/b3-2+;/t20-,24-,25-,26+;/m0./s1. The third kappa shape index (κ3) is 2.15. The van der Waals surface area contributed by atoms with E-state index < -0.39 is 11.0 Å². The zero-order valence-electron chi connectivity index (χ0n) is 18.0. The number of para-hydroxylation sites is 1. The Morgan fingerprint density at radius 3 is 2.94 bits per heavy atom. The molecule has 2 aromatic carbocycles. The van der Waals surface area contributed by atoms with Gasteiger partial charge in [-0.25, -0.2) is 0 Å². The van der Waals surface area contributed by atoms with Crippen LogP contribution in [0.3, 0.4) is 0 Å². The molecule has 2 aliphatic carbocycles. The zero-order valence-corrected chi connectivity index (χ0v) is 18.8. The molecule has 5 aliphatic rings. The van der Waals surface area contributed by atoms with Crippen LogP contribution in [0.4, 0.5) is 5.69 Å².